The second-order valence-corrected chi connectivity index (χ2v) is 20.0. The number of ether oxygens (including phenoxy) is 5. The first-order valence-electron chi connectivity index (χ1n) is 26.6. The molecule has 1 aliphatic heterocycles. The normalized spacial score (nSPS) is 13.4. The first-order chi connectivity index (χ1) is 39.4. The molecule has 27 nitrogen and oxygen atoms in total. The molecule has 1 saturated heterocycles. The van der Waals surface area contributed by atoms with Crippen LogP contribution in [0.2, 0.25) is 0 Å². The quantitative estimate of drug-likeness (QED) is 0.0285. The van der Waals surface area contributed by atoms with Crippen LogP contribution in [-0.2, 0) is 51.2 Å². The molecule has 8 rings (SSSR count). The van der Waals surface area contributed by atoms with Crippen LogP contribution >= 0.6 is 0 Å². The minimum Gasteiger partial charge on any atom is -0.508 e. The molecule has 5 amide bonds. The molecule has 1 atom stereocenters. The zero-order valence-corrected chi connectivity index (χ0v) is 46.0. The highest BCUT2D eigenvalue weighted by molar-refractivity contribution is 6.27. The van der Waals surface area contributed by atoms with E-state index in [-0.39, 0.29) is 124 Å². The minimum atomic E-state index is -1.10. The summed E-state index contributed by atoms with van der Waals surface area (Å²) in [6.07, 6.45) is 1.48. The highest BCUT2D eigenvalue weighted by Gasteiger charge is 2.37. The van der Waals surface area contributed by atoms with Gasteiger partial charge in [0, 0.05) is 62.0 Å². The predicted octanol–water partition coefficient (Wildman–Crippen LogP) is 2.57. The van der Waals surface area contributed by atoms with E-state index in [0.29, 0.717) is 77.8 Å². The van der Waals surface area contributed by atoms with Crippen molar-refractivity contribution in [2.45, 2.75) is 58.3 Å². The van der Waals surface area contributed by atoms with E-state index in [4.69, 9.17) is 40.3 Å². The van der Waals surface area contributed by atoms with Gasteiger partial charge in [0.25, 0.3) is 5.91 Å². The summed E-state index contributed by atoms with van der Waals surface area (Å²) in [7, 11) is 1.84. The lowest BCUT2D eigenvalue weighted by molar-refractivity contribution is -0.157. The van der Waals surface area contributed by atoms with Crippen LogP contribution in [0.4, 0.5) is 27.9 Å². The lowest BCUT2D eigenvalue weighted by Gasteiger charge is -2.27. The third kappa shape index (κ3) is 15.9. The van der Waals surface area contributed by atoms with Crippen LogP contribution in [-0.4, -0.2) is 173 Å². The van der Waals surface area contributed by atoms with E-state index in [1.807, 2.05) is 11.9 Å². The summed E-state index contributed by atoms with van der Waals surface area (Å²) in [4.78, 5) is 98.5. The number of benzene rings is 3. The summed E-state index contributed by atoms with van der Waals surface area (Å²) >= 11 is 0. The number of anilines is 4. The smallest absolute Gasteiger partial charge is 0.333 e. The van der Waals surface area contributed by atoms with Gasteiger partial charge < -0.3 is 66.4 Å². The molecule has 0 bridgehead atoms. The molecule has 1 fully saturated rings. The molecule has 0 radical (unpaired) electrons. The first kappa shape index (κ1) is 59.2. The molecular weight excluding hydrogens is 1060 g/mol. The van der Waals surface area contributed by atoms with Crippen LogP contribution in [0.15, 0.2) is 72.9 Å². The number of aromatic hydroxyl groups is 1. The molecule has 82 heavy (non-hydrogen) atoms. The first-order valence-corrected chi connectivity index (χ1v) is 26.6. The van der Waals surface area contributed by atoms with Crippen LogP contribution in [0.3, 0.4) is 0 Å². The Hall–Kier alpha value is -8.89. The summed E-state index contributed by atoms with van der Waals surface area (Å²) in [5, 5.41) is 27.6. The van der Waals surface area contributed by atoms with E-state index >= 15 is 0 Å². The summed E-state index contributed by atoms with van der Waals surface area (Å²) in [5.41, 5.74) is 18.6. The van der Waals surface area contributed by atoms with Gasteiger partial charge in [-0.2, -0.15) is 15.1 Å². The third-order valence-electron chi connectivity index (χ3n) is 12.7. The Morgan fingerprint density at radius 1 is 0.829 bits per heavy atom. The van der Waals surface area contributed by atoms with Crippen molar-refractivity contribution in [3.05, 3.63) is 95.3 Å². The number of rotatable bonds is 26. The van der Waals surface area contributed by atoms with Gasteiger partial charge >= 0.3 is 12.0 Å². The van der Waals surface area contributed by atoms with E-state index in [0.717, 1.165) is 5.69 Å². The average Bonchev–Trinajstić information content (AvgIpc) is 3.99. The Bertz CT molecular complexity index is 3260. The Morgan fingerprint density at radius 3 is 2.18 bits per heavy atom. The van der Waals surface area contributed by atoms with E-state index < -0.39 is 29.6 Å². The van der Waals surface area contributed by atoms with Crippen LogP contribution < -0.4 is 43.1 Å². The number of fused-ring (bicyclic) bond motifs is 4. The number of aromatic nitrogens is 6. The Morgan fingerprint density at radius 2 is 1.50 bits per heavy atom. The summed E-state index contributed by atoms with van der Waals surface area (Å²) in [6.45, 7) is 9.10. The standard InChI is InChI=1S/C55H67N15O12/c1-55(2,3)82-52(76)40(62-51(75)34-8-12-36(13-9-34)68(4)31-35-30-60-50-46(61-35)49(56)64-53(57)65-50)16-17-41(72)58-18-22-78-26-28-81-29-27-79-23-19-59-42(73)32-70-47(33-10-14-37(71)15-11-33)44-45(66-70)38-6-5-7-39(43(38)48(44)74)63-54(77)67-69-20-24-80-25-21-69/h5-15,30,40,71H,16-29,31-32H2,1-4H3,(H,58,72)(H,59,73)(H,62,75)(H2,63,67,77)(H4,56,57,60,64,65)/t40-/m0/s1. The number of nitrogens with zero attached hydrogens (tertiary/aromatic N) is 8. The van der Waals surface area contributed by atoms with Crippen molar-refractivity contribution in [2.75, 3.05) is 108 Å². The maximum Gasteiger partial charge on any atom is 0.333 e. The number of hydrogen-bond donors (Lipinski definition) is 8. The van der Waals surface area contributed by atoms with Crippen LogP contribution in [0, 0.1) is 0 Å². The van der Waals surface area contributed by atoms with Gasteiger partial charge in [0.2, 0.25) is 17.8 Å². The van der Waals surface area contributed by atoms with Gasteiger partial charge in [-0.05, 0) is 81.8 Å². The number of nitrogens with two attached hydrogens (primary N) is 2. The number of hydrogen-bond acceptors (Lipinski definition) is 21. The molecule has 10 N–H and O–H groups in total. The summed E-state index contributed by atoms with van der Waals surface area (Å²) < 4.78 is 29.2. The summed E-state index contributed by atoms with van der Waals surface area (Å²) in [5.74, 6) is -2.13. The topological polar surface area (TPSA) is 357 Å². The highest BCUT2D eigenvalue weighted by Crippen LogP contribution is 2.44. The van der Waals surface area contributed by atoms with Crippen molar-refractivity contribution in [2.24, 2.45) is 0 Å². The SMILES string of the molecule is CN(Cc1cnc2nc(N)nc(N)c2n1)c1ccc(C(=O)N[C@@H](CCC(=O)NCCOCCOCCOCCNC(=O)Cn2nc3c(c2-c2ccc(O)cc2)C(=O)c2c(NC(=O)NN4CCOCC4)cccc2-3)C(=O)OC(C)(C)C)cc1. The number of hydrazine groups is 1. The number of morpholine rings is 1. The van der Waals surface area contributed by atoms with Crippen molar-refractivity contribution >= 4 is 69.8 Å². The predicted molar refractivity (Wildman–Crippen MR) is 300 cm³/mol. The molecule has 27 heteroatoms. The molecular formula is C55H67N15O12. The van der Waals surface area contributed by atoms with Gasteiger partial charge in [-0.25, -0.2) is 24.6 Å². The van der Waals surface area contributed by atoms with Crippen LogP contribution in [0.1, 0.15) is 65.6 Å². The number of carbonyl (C=O) groups is 6. The van der Waals surface area contributed by atoms with E-state index in [2.05, 4.69) is 46.6 Å². The fraction of sp³-hybridized carbons (Fsp3) is 0.400. The van der Waals surface area contributed by atoms with Gasteiger partial charge in [-0.15, -0.1) is 0 Å². The van der Waals surface area contributed by atoms with Gasteiger partial charge in [-0.3, -0.25) is 29.3 Å². The molecule has 434 valence electrons. The Labute approximate surface area is 471 Å². The van der Waals surface area contributed by atoms with Gasteiger partial charge in [0.1, 0.15) is 29.6 Å². The molecule has 4 heterocycles. The monoisotopic (exact) mass is 1130 g/mol. The second-order valence-electron chi connectivity index (χ2n) is 20.0. The highest BCUT2D eigenvalue weighted by atomic mass is 16.6. The lowest BCUT2D eigenvalue weighted by Crippen LogP contribution is -2.49. The number of nitrogens with one attached hydrogen (secondary N) is 5. The van der Waals surface area contributed by atoms with Crippen LogP contribution in [0.5, 0.6) is 5.75 Å². The fourth-order valence-electron chi connectivity index (χ4n) is 8.83. The Balaban J connectivity index is 0.705. The number of nitrogen functional groups attached to an aromatic ring is 2. The zero-order chi connectivity index (χ0) is 58.3. The largest absolute Gasteiger partial charge is 0.508 e. The number of carbonyl (C=O) groups excluding carboxylic acids is 6. The van der Waals surface area contributed by atoms with Crippen molar-refractivity contribution in [1.29, 1.82) is 0 Å². The molecule has 2 aliphatic rings. The van der Waals surface area contributed by atoms with E-state index in [1.54, 1.807) is 86.6 Å². The lowest BCUT2D eigenvalue weighted by atomic mass is 10.0. The molecule has 3 aromatic carbocycles. The van der Waals surface area contributed by atoms with Crippen molar-refractivity contribution in [1.82, 2.24) is 56.1 Å². The number of esters is 1. The van der Waals surface area contributed by atoms with Gasteiger partial charge in [0.05, 0.1) is 93.8 Å². The molecule has 0 saturated carbocycles. The van der Waals surface area contributed by atoms with Crippen molar-refractivity contribution in [3.63, 3.8) is 0 Å². The third-order valence-corrected chi connectivity index (χ3v) is 12.7. The van der Waals surface area contributed by atoms with E-state index in [1.165, 1.54) is 16.8 Å². The number of phenolic OH excluding ortho intramolecular Hbond substituents is 1. The van der Waals surface area contributed by atoms with Crippen molar-refractivity contribution < 1.29 is 57.6 Å². The molecule has 3 aromatic heterocycles. The number of urea groups is 1. The van der Waals surface area contributed by atoms with Gasteiger partial charge in [-0.1, -0.05) is 12.1 Å². The fourth-order valence-corrected chi connectivity index (χ4v) is 8.83. The number of phenols is 1. The molecule has 0 spiro atoms. The van der Waals surface area contributed by atoms with Crippen LogP contribution in [0.25, 0.3) is 33.7 Å². The minimum absolute atomic E-state index is 0.00409. The second kappa shape index (κ2) is 27.5. The molecule has 1 aliphatic carbocycles. The molecule has 6 aromatic rings. The van der Waals surface area contributed by atoms with E-state index in [9.17, 15) is 33.9 Å². The summed E-state index contributed by atoms with van der Waals surface area (Å²) in [6, 6.07) is 16.5. The molecule has 0 unspecified atom stereocenters. The maximum absolute atomic E-state index is 14.2. The van der Waals surface area contributed by atoms with Gasteiger partial charge in [0.15, 0.2) is 22.8 Å². The Kier molecular flexibility index (Phi) is 19.9. The number of amides is 5. The maximum atomic E-state index is 14.2. The number of ketones is 1. The zero-order valence-electron chi connectivity index (χ0n) is 46.0. The van der Waals surface area contributed by atoms with Crippen molar-refractivity contribution in [3.8, 4) is 28.3 Å². The average molecular weight is 1130 g/mol.